The van der Waals surface area contributed by atoms with Crippen molar-refractivity contribution in [3.8, 4) is 5.75 Å². The summed E-state index contributed by atoms with van der Waals surface area (Å²) in [7, 11) is 1.56. The van der Waals surface area contributed by atoms with Crippen LogP contribution in [0.3, 0.4) is 0 Å². The zero-order chi connectivity index (χ0) is 26.7. The highest BCUT2D eigenvalue weighted by molar-refractivity contribution is 5.99. The van der Waals surface area contributed by atoms with Crippen molar-refractivity contribution >= 4 is 17.7 Å². The molecule has 0 saturated carbocycles. The first-order valence-electron chi connectivity index (χ1n) is 12.7. The van der Waals surface area contributed by atoms with Crippen molar-refractivity contribution in [2.75, 3.05) is 26.8 Å². The molecular formula is C29H31N3O6. The Morgan fingerprint density at radius 3 is 2.42 bits per heavy atom. The highest BCUT2D eigenvalue weighted by Crippen LogP contribution is 2.39. The molecule has 1 N–H and O–H groups in total. The Balaban J connectivity index is 1.36. The van der Waals surface area contributed by atoms with Gasteiger partial charge in [-0.3, -0.25) is 19.3 Å². The smallest absolute Gasteiger partial charge is 0.256 e. The molecule has 9 heteroatoms. The first kappa shape index (κ1) is 25.5. The molecule has 198 valence electrons. The van der Waals surface area contributed by atoms with Gasteiger partial charge in [-0.15, -0.1) is 0 Å². The molecular weight excluding hydrogens is 486 g/mol. The molecule has 2 aromatic carbocycles. The van der Waals surface area contributed by atoms with Crippen LogP contribution in [0.2, 0.25) is 0 Å². The fourth-order valence-electron chi connectivity index (χ4n) is 5.19. The van der Waals surface area contributed by atoms with Crippen LogP contribution in [0.5, 0.6) is 5.75 Å². The SMILES string of the molecule is COc1cccc(C(=O)N2CCC3(CC2)OC[C@@H](C(=O)NCc2ccco2)N3C(=O)c2cccc(C)c2)c1. The van der Waals surface area contributed by atoms with E-state index in [1.54, 1.807) is 65.6 Å². The third kappa shape index (κ3) is 5.02. The maximum atomic E-state index is 13.9. The molecule has 9 nitrogen and oxygen atoms in total. The van der Waals surface area contributed by atoms with Crippen LogP contribution >= 0.6 is 0 Å². The largest absolute Gasteiger partial charge is 0.497 e. The number of hydrogen-bond acceptors (Lipinski definition) is 6. The van der Waals surface area contributed by atoms with Crippen LogP contribution in [-0.4, -0.2) is 66.1 Å². The van der Waals surface area contributed by atoms with Crippen LogP contribution in [0.25, 0.3) is 0 Å². The van der Waals surface area contributed by atoms with E-state index < -0.39 is 11.8 Å². The number of nitrogens with one attached hydrogen (secondary N) is 1. The second-order valence-electron chi connectivity index (χ2n) is 9.64. The van der Waals surface area contributed by atoms with Crippen LogP contribution in [0.4, 0.5) is 0 Å². The van der Waals surface area contributed by atoms with E-state index in [0.717, 1.165) is 5.56 Å². The molecule has 2 aliphatic rings. The highest BCUT2D eigenvalue weighted by Gasteiger charge is 2.54. The van der Waals surface area contributed by atoms with Crippen molar-refractivity contribution in [1.29, 1.82) is 0 Å². The number of carbonyl (C=O) groups is 3. The van der Waals surface area contributed by atoms with E-state index in [2.05, 4.69) is 5.32 Å². The summed E-state index contributed by atoms with van der Waals surface area (Å²) in [5, 5.41) is 2.87. The average molecular weight is 518 g/mol. The van der Waals surface area contributed by atoms with E-state index in [9.17, 15) is 14.4 Å². The number of aryl methyl sites for hydroxylation is 1. The number of piperidine rings is 1. The van der Waals surface area contributed by atoms with Crippen molar-refractivity contribution in [3.63, 3.8) is 0 Å². The van der Waals surface area contributed by atoms with Crippen molar-refractivity contribution in [2.45, 2.75) is 38.1 Å². The van der Waals surface area contributed by atoms with Crippen LogP contribution in [0.1, 0.15) is 44.9 Å². The summed E-state index contributed by atoms with van der Waals surface area (Å²) in [6, 6.07) is 17.1. The number of carbonyl (C=O) groups excluding carboxylic acids is 3. The van der Waals surface area contributed by atoms with E-state index >= 15 is 0 Å². The number of benzene rings is 2. The van der Waals surface area contributed by atoms with Gasteiger partial charge in [-0.2, -0.15) is 0 Å². The summed E-state index contributed by atoms with van der Waals surface area (Å²) in [6.45, 7) is 2.97. The van der Waals surface area contributed by atoms with Gasteiger partial charge < -0.3 is 24.1 Å². The molecule has 1 spiro atoms. The van der Waals surface area contributed by atoms with Gasteiger partial charge in [-0.1, -0.05) is 23.8 Å². The lowest BCUT2D eigenvalue weighted by atomic mass is 9.95. The quantitative estimate of drug-likeness (QED) is 0.538. The maximum absolute atomic E-state index is 13.9. The first-order chi connectivity index (χ1) is 18.4. The molecule has 2 aliphatic heterocycles. The van der Waals surface area contributed by atoms with Gasteiger partial charge in [0, 0.05) is 37.1 Å². The summed E-state index contributed by atoms with van der Waals surface area (Å²) >= 11 is 0. The van der Waals surface area contributed by atoms with Crippen molar-refractivity contribution in [1.82, 2.24) is 15.1 Å². The van der Waals surface area contributed by atoms with Gasteiger partial charge in [-0.05, 0) is 49.4 Å². The Bertz CT molecular complexity index is 1310. The summed E-state index contributed by atoms with van der Waals surface area (Å²) < 4.78 is 16.9. The minimum atomic E-state index is -0.987. The van der Waals surface area contributed by atoms with Crippen molar-refractivity contribution in [3.05, 3.63) is 89.4 Å². The molecule has 38 heavy (non-hydrogen) atoms. The molecule has 0 bridgehead atoms. The number of hydrogen-bond donors (Lipinski definition) is 1. The highest BCUT2D eigenvalue weighted by atomic mass is 16.5. The van der Waals surface area contributed by atoms with Crippen LogP contribution in [0, 0.1) is 6.92 Å². The zero-order valence-corrected chi connectivity index (χ0v) is 21.5. The molecule has 0 unspecified atom stereocenters. The minimum absolute atomic E-state index is 0.0748. The number of nitrogens with zero attached hydrogens (tertiary/aromatic N) is 2. The summed E-state index contributed by atoms with van der Waals surface area (Å²) in [5.41, 5.74) is 0.991. The number of likely N-dealkylation sites (tertiary alicyclic amines) is 1. The summed E-state index contributed by atoms with van der Waals surface area (Å²) in [4.78, 5) is 43.7. The zero-order valence-electron chi connectivity index (χ0n) is 21.5. The monoisotopic (exact) mass is 517 g/mol. The van der Waals surface area contributed by atoms with Gasteiger partial charge in [0.1, 0.15) is 23.3 Å². The lowest BCUT2D eigenvalue weighted by Crippen LogP contribution is -2.59. The van der Waals surface area contributed by atoms with Gasteiger partial charge in [-0.25, -0.2) is 0 Å². The molecule has 1 atom stereocenters. The van der Waals surface area contributed by atoms with Crippen LogP contribution in [0.15, 0.2) is 71.3 Å². The normalized spacial score (nSPS) is 18.4. The van der Waals surface area contributed by atoms with Crippen molar-refractivity contribution in [2.24, 2.45) is 0 Å². The second-order valence-corrected chi connectivity index (χ2v) is 9.64. The number of ether oxygens (including phenoxy) is 2. The number of furan rings is 1. The second kappa shape index (κ2) is 10.7. The van der Waals surface area contributed by atoms with E-state index in [4.69, 9.17) is 13.9 Å². The van der Waals surface area contributed by atoms with E-state index in [-0.39, 0.29) is 30.9 Å². The Morgan fingerprint density at radius 2 is 1.74 bits per heavy atom. The summed E-state index contributed by atoms with van der Waals surface area (Å²) in [6.07, 6.45) is 2.33. The number of amides is 3. The standard InChI is InChI=1S/C29H31N3O6/c1-20-6-3-7-21(16-20)28(35)32-25(26(33)30-18-24-10-5-15-37-24)19-38-29(32)11-13-31(14-12-29)27(34)22-8-4-9-23(17-22)36-2/h3-10,15-17,25H,11-14,18-19H2,1-2H3,(H,30,33)/t25-/m0/s1. The molecule has 3 amide bonds. The first-order valence-corrected chi connectivity index (χ1v) is 12.7. The molecule has 3 heterocycles. The Kier molecular flexibility index (Phi) is 7.20. The van der Waals surface area contributed by atoms with Gasteiger partial charge >= 0.3 is 0 Å². The Hall–Kier alpha value is -4.11. The van der Waals surface area contributed by atoms with E-state index in [0.29, 0.717) is 48.6 Å². The molecule has 3 aromatic rings. The predicted octanol–water partition coefficient (Wildman–Crippen LogP) is 3.39. The van der Waals surface area contributed by atoms with E-state index in [1.165, 1.54) is 0 Å². The predicted molar refractivity (Wildman–Crippen MR) is 139 cm³/mol. The van der Waals surface area contributed by atoms with Crippen molar-refractivity contribution < 1.29 is 28.3 Å². The molecule has 5 rings (SSSR count). The maximum Gasteiger partial charge on any atom is 0.256 e. The van der Waals surface area contributed by atoms with E-state index in [1.807, 2.05) is 25.1 Å². The van der Waals surface area contributed by atoms with Gasteiger partial charge in [0.15, 0.2) is 0 Å². The third-order valence-electron chi connectivity index (χ3n) is 7.21. The Labute approximate surface area is 221 Å². The number of rotatable bonds is 6. The van der Waals surface area contributed by atoms with Gasteiger partial charge in [0.25, 0.3) is 11.8 Å². The molecule has 0 aliphatic carbocycles. The van der Waals surface area contributed by atoms with Crippen LogP contribution in [-0.2, 0) is 16.1 Å². The molecule has 1 aromatic heterocycles. The topological polar surface area (TPSA) is 101 Å². The molecule has 2 fully saturated rings. The lowest BCUT2D eigenvalue weighted by molar-refractivity contribution is -0.128. The lowest BCUT2D eigenvalue weighted by Gasteiger charge is -2.44. The number of methoxy groups -OCH3 is 1. The molecule has 2 saturated heterocycles. The van der Waals surface area contributed by atoms with Gasteiger partial charge in [0.05, 0.1) is 26.5 Å². The van der Waals surface area contributed by atoms with Gasteiger partial charge in [0.2, 0.25) is 5.91 Å². The minimum Gasteiger partial charge on any atom is -0.497 e. The fourth-order valence-corrected chi connectivity index (χ4v) is 5.19. The van der Waals surface area contributed by atoms with Crippen LogP contribution < -0.4 is 10.1 Å². The average Bonchev–Trinajstić information content (AvgIpc) is 3.60. The molecule has 0 radical (unpaired) electrons. The fraction of sp³-hybridized carbons (Fsp3) is 0.345. The third-order valence-corrected chi connectivity index (χ3v) is 7.21. The Morgan fingerprint density at radius 1 is 1.00 bits per heavy atom. The summed E-state index contributed by atoms with van der Waals surface area (Å²) in [5.74, 6) is 0.543.